The topological polar surface area (TPSA) is 43.1 Å². The molecule has 0 unspecified atom stereocenters. The minimum absolute atomic E-state index is 0.359. The lowest BCUT2D eigenvalue weighted by Crippen LogP contribution is -2.11. The molecule has 0 aromatic heterocycles. The van der Waals surface area contributed by atoms with E-state index in [1.807, 2.05) is 25.6 Å². The van der Waals surface area contributed by atoms with Crippen molar-refractivity contribution in [2.45, 2.75) is 13.8 Å². The van der Waals surface area contributed by atoms with Gasteiger partial charge in [-0.15, -0.1) is 0 Å². The molecule has 0 atom stereocenters. The van der Waals surface area contributed by atoms with E-state index in [9.17, 15) is 4.79 Å². The molecular formula is C9H11NO. The second kappa shape index (κ2) is 2.74. The molecule has 0 aliphatic carbocycles. The average molecular weight is 150 g/mol. The highest BCUT2D eigenvalue weighted by atomic mass is 16.1. The molecule has 0 saturated carbocycles. The van der Waals surface area contributed by atoms with Gasteiger partial charge in [0.15, 0.2) is 1.41 Å². The zero-order valence-electron chi connectivity index (χ0n) is 7.64. The number of primary amides is 1. The van der Waals surface area contributed by atoms with E-state index >= 15 is 0 Å². The van der Waals surface area contributed by atoms with Crippen LogP contribution in [0.2, 0.25) is 1.41 Å². The largest absolute Gasteiger partial charge is 0.366 e. The number of hydrogen-bond donors (Lipinski definition) is 1. The summed E-state index contributed by atoms with van der Waals surface area (Å²) in [5.41, 5.74) is 4.46. The van der Waals surface area contributed by atoms with E-state index in [-0.39, 0.29) is 5.91 Å². The molecule has 1 aromatic rings. The first-order valence-electron chi connectivity index (χ1n) is 3.94. The van der Waals surface area contributed by atoms with E-state index in [4.69, 9.17) is 1.41 Å². The van der Waals surface area contributed by atoms with Gasteiger partial charge in [0.25, 0.3) is 0 Å². The first kappa shape index (κ1) is 6.40. The Bertz CT molecular complexity index is 289. The Labute approximate surface area is 67.5 Å². The van der Waals surface area contributed by atoms with Gasteiger partial charge in [-0.3, -0.25) is 4.79 Å². The van der Waals surface area contributed by atoms with Crippen molar-refractivity contribution in [1.29, 1.82) is 0 Å². The third-order valence-electron chi connectivity index (χ3n) is 1.48. The van der Waals surface area contributed by atoms with Crippen LogP contribution in [0.4, 0.5) is 0 Å². The van der Waals surface area contributed by atoms with Crippen molar-refractivity contribution < 1.29 is 6.21 Å². The van der Waals surface area contributed by atoms with E-state index < -0.39 is 0 Å². The molecule has 1 amide bonds. The van der Waals surface area contributed by atoms with Crippen LogP contribution in [-0.2, 0) is 0 Å². The molecule has 0 radical (unpaired) electrons. The van der Waals surface area contributed by atoms with Crippen molar-refractivity contribution in [2.75, 3.05) is 0 Å². The predicted molar refractivity (Wildman–Crippen MR) is 44.4 cm³/mol. The van der Waals surface area contributed by atoms with Gasteiger partial charge in [0.1, 0.15) is 0 Å². The molecule has 0 heterocycles. The van der Waals surface area contributed by atoms with Gasteiger partial charge >= 0.3 is 0 Å². The fraction of sp³-hybridized carbons (Fsp3) is 0.222. The number of benzene rings is 1. The van der Waals surface area contributed by atoms with E-state index in [1.165, 1.54) is 0 Å². The highest BCUT2D eigenvalue weighted by molar-refractivity contribution is 5.93. The second-order valence-electron chi connectivity index (χ2n) is 2.71. The Morgan fingerprint density at radius 3 is 2.36 bits per heavy atom. The van der Waals surface area contributed by atoms with Gasteiger partial charge < -0.3 is 5.73 Å². The lowest BCUT2D eigenvalue weighted by Gasteiger charge is -1.99. The molecule has 11 heavy (non-hydrogen) atoms. The Morgan fingerprint density at radius 1 is 1.36 bits per heavy atom. The van der Waals surface area contributed by atoms with Gasteiger partial charge in [0.2, 0.25) is 5.91 Å². The van der Waals surface area contributed by atoms with Crippen molar-refractivity contribution >= 4 is 5.91 Å². The molecule has 2 heteroatoms. The molecule has 2 N–H and O–H groups in total. The van der Waals surface area contributed by atoms with Crippen LogP contribution < -0.4 is 5.73 Å². The molecule has 0 fully saturated rings. The molecular weight excluding hydrogens is 138 g/mol. The number of rotatable bonds is 1. The summed E-state index contributed by atoms with van der Waals surface area (Å²) in [6.07, 6.45) is 0. The van der Waals surface area contributed by atoms with E-state index in [0.717, 1.165) is 11.1 Å². The maximum Gasteiger partial charge on any atom is 0.248 e. The number of hydrogen-bond acceptors (Lipinski definition) is 1. The normalized spacial score (nSPS) is 10.5. The fourth-order valence-corrected chi connectivity index (χ4v) is 1.11. The maximum absolute atomic E-state index is 11.0. The Morgan fingerprint density at radius 2 is 1.91 bits per heavy atom. The lowest BCUT2D eigenvalue weighted by molar-refractivity contribution is 0.1000. The van der Waals surface area contributed by atoms with Crippen molar-refractivity contribution in [2.24, 2.45) is 5.73 Å². The quantitative estimate of drug-likeness (QED) is 0.646. The van der Waals surface area contributed by atoms with Gasteiger partial charge in [-0.1, -0.05) is 17.2 Å². The first-order valence-corrected chi connectivity index (χ1v) is 3.44. The Hall–Kier alpha value is -1.31. The van der Waals surface area contributed by atoms with Gasteiger partial charge in [0.05, 0.1) is 0 Å². The second-order valence-corrected chi connectivity index (χ2v) is 2.71. The molecule has 0 spiro atoms. The van der Waals surface area contributed by atoms with E-state index in [0.29, 0.717) is 5.56 Å². The monoisotopic (exact) mass is 150 g/mol. The van der Waals surface area contributed by atoms with Gasteiger partial charge in [-0.05, 0) is 26.0 Å². The van der Waals surface area contributed by atoms with Crippen LogP contribution in [0.15, 0.2) is 18.2 Å². The minimum Gasteiger partial charge on any atom is -0.366 e. The van der Waals surface area contributed by atoms with Crippen molar-refractivity contribution in [3.8, 4) is 0 Å². The third kappa shape index (κ3) is 1.80. The maximum atomic E-state index is 11.0. The van der Waals surface area contributed by atoms with Crippen LogP contribution in [0.5, 0.6) is 0 Å². The van der Waals surface area contributed by atoms with Crippen molar-refractivity contribution in [3.05, 3.63) is 34.9 Å². The highest BCUT2D eigenvalue weighted by Crippen LogP contribution is 2.07. The summed E-state index contributed by atoms with van der Waals surface area (Å²) >= 11 is 0. The molecule has 58 valence electrons. The average Bonchev–Trinajstić information content (AvgIpc) is 2.01. The van der Waals surface area contributed by atoms with Crippen LogP contribution in [0.3, 0.4) is 0 Å². The van der Waals surface area contributed by atoms with Crippen molar-refractivity contribution in [3.63, 3.8) is 0 Å². The van der Waals surface area contributed by atoms with Crippen LogP contribution in [0.25, 0.3) is 0 Å². The SMILES string of the molecule is [2H]NC(=O)c1cc(C)cc(C)c1. The van der Waals surface area contributed by atoms with Crippen LogP contribution in [0, 0.1) is 13.8 Å². The third-order valence-corrected chi connectivity index (χ3v) is 1.48. The molecule has 0 aliphatic heterocycles. The van der Waals surface area contributed by atoms with Gasteiger partial charge in [0, 0.05) is 5.56 Å². The Kier molecular flexibility index (Phi) is 1.60. The van der Waals surface area contributed by atoms with E-state index in [2.05, 4.69) is 0 Å². The Balaban J connectivity index is 3.08. The van der Waals surface area contributed by atoms with Gasteiger partial charge in [-0.25, -0.2) is 0 Å². The fourth-order valence-electron chi connectivity index (χ4n) is 1.11. The lowest BCUT2D eigenvalue weighted by atomic mass is 10.1. The molecule has 0 aliphatic rings. The smallest absolute Gasteiger partial charge is 0.248 e. The summed E-state index contributed by atoms with van der Waals surface area (Å²) in [6.45, 7) is 3.85. The van der Waals surface area contributed by atoms with Crippen molar-refractivity contribution in [1.82, 2.24) is 0 Å². The standard InChI is InChI=1S/C9H11NO/c1-6-3-7(2)5-8(4-6)9(10)11/h3-5H,1-2H3,(H2,10,11)/i/hD. The molecule has 0 bridgehead atoms. The molecule has 0 saturated heterocycles. The summed E-state index contributed by atoms with van der Waals surface area (Å²) in [4.78, 5) is 11.0. The molecule has 2 nitrogen and oxygen atoms in total. The summed E-state index contributed by atoms with van der Waals surface area (Å²) < 4.78 is 6.69. The number of carbonyl (C=O) groups is 1. The molecule has 1 aromatic carbocycles. The first-order chi connectivity index (χ1) is 5.63. The summed E-state index contributed by atoms with van der Waals surface area (Å²) in [5, 5.41) is 0. The van der Waals surface area contributed by atoms with E-state index in [1.54, 1.807) is 12.1 Å². The summed E-state index contributed by atoms with van der Waals surface area (Å²) in [7, 11) is 0. The van der Waals surface area contributed by atoms with Gasteiger partial charge in [-0.2, -0.15) is 0 Å². The number of amides is 1. The number of nitrogens with two attached hydrogens (primary N) is 1. The molecule has 1 rings (SSSR count). The zero-order valence-corrected chi connectivity index (χ0v) is 6.64. The number of carbonyl (C=O) groups excluding carboxylic acids is 1. The van der Waals surface area contributed by atoms with Crippen LogP contribution >= 0.6 is 0 Å². The summed E-state index contributed by atoms with van der Waals surface area (Å²) in [6, 6.07) is 5.51. The number of aryl methyl sites for hydroxylation is 2. The highest BCUT2D eigenvalue weighted by Gasteiger charge is 1.99. The van der Waals surface area contributed by atoms with Crippen LogP contribution in [-0.4, -0.2) is 5.91 Å². The predicted octanol–water partition coefficient (Wildman–Crippen LogP) is 1.40. The zero-order chi connectivity index (χ0) is 9.14. The van der Waals surface area contributed by atoms with Crippen LogP contribution in [0.1, 0.15) is 21.5 Å². The summed E-state index contributed by atoms with van der Waals surface area (Å²) in [5.74, 6) is -0.359. The minimum atomic E-state index is -0.359.